The Morgan fingerprint density at radius 3 is 2.58 bits per heavy atom. The van der Waals surface area contributed by atoms with Crippen molar-refractivity contribution in [3.8, 4) is 11.5 Å². The molecule has 0 radical (unpaired) electrons. The molecule has 2 aromatic rings. The van der Waals surface area contributed by atoms with Gasteiger partial charge in [-0.25, -0.2) is 0 Å². The van der Waals surface area contributed by atoms with E-state index in [9.17, 15) is 5.11 Å². The van der Waals surface area contributed by atoms with Crippen LogP contribution < -0.4 is 10.1 Å². The standard InChI is InChI=1S/C15H16BrNO2/c1-17-14-6-3-10(8-13(14)16)7-11-4-5-12(19-2)9-15(11)18/h3-6,8-9,17-18H,7H2,1-2H3. The van der Waals surface area contributed by atoms with Crippen molar-refractivity contribution in [1.29, 1.82) is 0 Å². The first-order chi connectivity index (χ1) is 9.13. The molecule has 2 aromatic carbocycles. The fraction of sp³-hybridized carbons (Fsp3) is 0.200. The van der Waals surface area contributed by atoms with Crippen LogP contribution in [0.2, 0.25) is 0 Å². The zero-order chi connectivity index (χ0) is 13.8. The van der Waals surface area contributed by atoms with Gasteiger partial charge in [0.05, 0.1) is 7.11 Å². The Morgan fingerprint density at radius 1 is 1.21 bits per heavy atom. The fourth-order valence-corrected chi connectivity index (χ4v) is 2.54. The molecule has 0 spiro atoms. The molecule has 19 heavy (non-hydrogen) atoms. The van der Waals surface area contributed by atoms with Gasteiger partial charge in [-0.15, -0.1) is 0 Å². The Kier molecular flexibility index (Phi) is 4.32. The predicted molar refractivity (Wildman–Crippen MR) is 81.2 cm³/mol. The number of rotatable bonds is 4. The molecule has 0 amide bonds. The lowest BCUT2D eigenvalue weighted by Crippen LogP contribution is -1.93. The van der Waals surface area contributed by atoms with Gasteiger partial charge < -0.3 is 15.2 Å². The van der Waals surface area contributed by atoms with Crippen molar-refractivity contribution in [2.45, 2.75) is 6.42 Å². The number of nitrogens with one attached hydrogen (secondary N) is 1. The van der Waals surface area contributed by atoms with Crippen LogP contribution in [0.15, 0.2) is 40.9 Å². The number of hydrogen-bond acceptors (Lipinski definition) is 3. The number of methoxy groups -OCH3 is 1. The van der Waals surface area contributed by atoms with Crippen LogP contribution in [0.5, 0.6) is 11.5 Å². The van der Waals surface area contributed by atoms with Crippen LogP contribution in [-0.4, -0.2) is 19.3 Å². The van der Waals surface area contributed by atoms with E-state index >= 15 is 0 Å². The summed E-state index contributed by atoms with van der Waals surface area (Å²) in [5, 5.41) is 13.0. The molecule has 0 bridgehead atoms. The summed E-state index contributed by atoms with van der Waals surface area (Å²) in [6.07, 6.45) is 0.679. The highest BCUT2D eigenvalue weighted by molar-refractivity contribution is 9.10. The van der Waals surface area contributed by atoms with Crippen LogP contribution in [0.3, 0.4) is 0 Å². The molecule has 2 N–H and O–H groups in total. The zero-order valence-electron chi connectivity index (χ0n) is 10.9. The molecular formula is C15H16BrNO2. The minimum absolute atomic E-state index is 0.258. The monoisotopic (exact) mass is 321 g/mol. The fourth-order valence-electron chi connectivity index (χ4n) is 1.91. The molecule has 0 heterocycles. The van der Waals surface area contributed by atoms with E-state index in [2.05, 4.69) is 27.3 Å². The second kappa shape index (κ2) is 5.97. The van der Waals surface area contributed by atoms with Crippen LogP contribution in [0.25, 0.3) is 0 Å². The summed E-state index contributed by atoms with van der Waals surface area (Å²) >= 11 is 3.52. The van der Waals surface area contributed by atoms with Crippen molar-refractivity contribution in [2.75, 3.05) is 19.5 Å². The molecule has 3 nitrogen and oxygen atoms in total. The maximum Gasteiger partial charge on any atom is 0.122 e. The van der Waals surface area contributed by atoms with E-state index in [-0.39, 0.29) is 5.75 Å². The number of hydrogen-bond donors (Lipinski definition) is 2. The molecule has 0 saturated heterocycles. The molecule has 100 valence electrons. The van der Waals surface area contributed by atoms with E-state index in [1.807, 2.05) is 31.3 Å². The van der Waals surface area contributed by atoms with Gasteiger partial charge in [0.2, 0.25) is 0 Å². The number of halogens is 1. The first-order valence-corrected chi connectivity index (χ1v) is 6.75. The Morgan fingerprint density at radius 2 is 2.00 bits per heavy atom. The zero-order valence-corrected chi connectivity index (χ0v) is 12.5. The first-order valence-electron chi connectivity index (χ1n) is 5.96. The Balaban J connectivity index is 2.23. The average Bonchev–Trinajstić information content (AvgIpc) is 2.41. The molecule has 0 aliphatic rings. The van der Waals surface area contributed by atoms with Gasteiger partial charge in [-0.05, 0) is 45.3 Å². The van der Waals surface area contributed by atoms with Gasteiger partial charge in [-0.1, -0.05) is 12.1 Å². The van der Waals surface area contributed by atoms with E-state index in [0.29, 0.717) is 12.2 Å². The summed E-state index contributed by atoms with van der Waals surface area (Å²) in [5.74, 6) is 0.918. The number of phenolic OH excluding ortho intramolecular Hbond substituents is 1. The van der Waals surface area contributed by atoms with Gasteiger partial charge in [0.15, 0.2) is 0 Å². The van der Waals surface area contributed by atoms with Gasteiger partial charge in [0.25, 0.3) is 0 Å². The summed E-state index contributed by atoms with van der Waals surface area (Å²) in [4.78, 5) is 0. The molecular weight excluding hydrogens is 306 g/mol. The van der Waals surface area contributed by atoms with Crippen molar-refractivity contribution in [3.63, 3.8) is 0 Å². The van der Waals surface area contributed by atoms with E-state index in [0.717, 1.165) is 21.3 Å². The highest BCUT2D eigenvalue weighted by Crippen LogP contribution is 2.28. The predicted octanol–water partition coefficient (Wildman–Crippen LogP) is 3.80. The SMILES string of the molecule is CNc1ccc(Cc2ccc(OC)cc2O)cc1Br. The van der Waals surface area contributed by atoms with Crippen LogP contribution in [0.4, 0.5) is 5.69 Å². The lowest BCUT2D eigenvalue weighted by molar-refractivity contribution is 0.406. The molecule has 0 aromatic heterocycles. The van der Waals surface area contributed by atoms with Crippen LogP contribution in [-0.2, 0) is 6.42 Å². The lowest BCUT2D eigenvalue weighted by atomic mass is 10.0. The van der Waals surface area contributed by atoms with Crippen LogP contribution in [0.1, 0.15) is 11.1 Å². The van der Waals surface area contributed by atoms with E-state index in [1.54, 1.807) is 13.2 Å². The summed E-state index contributed by atoms with van der Waals surface area (Å²) < 4.78 is 6.09. The van der Waals surface area contributed by atoms with Crippen LogP contribution in [0, 0.1) is 0 Å². The molecule has 4 heteroatoms. The van der Waals surface area contributed by atoms with Crippen molar-refractivity contribution in [3.05, 3.63) is 52.0 Å². The van der Waals surface area contributed by atoms with E-state index in [4.69, 9.17) is 4.74 Å². The smallest absolute Gasteiger partial charge is 0.122 e. The number of ether oxygens (including phenoxy) is 1. The third-order valence-electron chi connectivity index (χ3n) is 2.99. The molecule has 0 fully saturated rings. The third-order valence-corrected chi connectivity index (χ3v) is 3.65. The molecule has 0 saturated carbocycles. The number of aromatic hydroxyl groups is 1. The Bertz CT molecular complexity index is 584. The largest absolute Gasteiger partial charge is 0.508 e. The first kappa shape index (κ1) is 13.7. The maximum absolute atomic E-state index is 9.95. The van der Waals surface area contributed by atoms with Gasteiger partial charge in [0.1, 0.15) is 11.5 Å². The summed E-state index contributed by atoms with van der Waals surface area (Å²) in [7, 11) is 3.47. The Hall–Kier alpha value is -1.68. The topological polar surface area (TPSA) is 41.5 Å². The highest BCUT2D eigenvalue weighted by atomic mass is 79.9. The molecule has 0 atom stereocenters. The summed E-state index contributed by atoms with van der Waals surface area (Å²) in [6.45, 7) is 0. The van der Waals surface area contributed by atoms with Crippen molar-refractivity contribution >= 4 is 21.6 Å². The number of benzene rings is 2. The minimum atomic E-state index is 0.258. The number of anilines is 1. The lowest BCUT2D eigenvalue weighted by Gasteiger charge is -2.09. The van der Waals surface area contributed by atoms with Gasteiger partial charge in [-0.3, -0.25) is 0 Å². The molecule has 2 rings (SSSR count). The van der Waals surface area contributed by atoms with Gasteiger partial charge >= 0.3 is 0 Å². The maximum atomic E-state index is 9.95. The van der Waals surface area contributed by atoms with Gasteiger partial charge in [0, 0.05) is 29.7 Å². The van der Waals surface area contributed by atoms with Crippen molar-refractivity contribution < 1.29 is 9.84 Å². The second-order valence-electron chi connectivity index (χ2n) is 4.24. The average molecular weight is 322 g/mol. The quantitative estimate of drug-likeness (QED) is 0.900. The second-order valence-corrected chi connectivity index (χ2v) is 5.09. The summed E-state index contributed by atoms with van der Waals surface area (Å²) in [5.41, 5.74) is 3.05. The molecule has 0 aliphatic carbocycles. The van der Waals surface area contributed by atoms with Crippen LogP contribution >= 0.6 is 15.9 Å². The third kappa shape index (κ3) is 3.20. The molecule has 0 aliphatic heterocycles. The Labute approximate surface area is 121 Å². The minimum Gasteiger partial charge on any atom is -0.508 e. The van der Waals surface area contributed by atoms with Crippen molar-refractivity contribution in [1.82, 2.24) is 0 Å². The molecule has 0 unspecified atom stereocenters. The highest BCUT2D eigenvalue weighted by Gasteiger charge is 2.06. The normalized spacial score (nSPS) is 10.3. The van der Waals surface area contributed by atoms with E-state index in [1.165, 1.54) is 0 Å². The van der Waals surface area contributed by atoms with Crippen molar-refractivity contribution in [2.24, 2.45) is 0 Å². The summed E-state index contributed by atoms with van der Waals surface area (Å²) in [6, 6.07) is 11.5. The van der Waals surface area contributed by atoms with Gasteiger partial charge in [-0.2, -0.15) is 0 Å². The van der Waals surface area contributed by atoms with E-state index < -0.39 is 0 Å². The number of phenols is 1.